The van der Waals surface area contributed by atoms with Crippen LogP contribution in [0.3, 0.4) is 0 Å². The summed E-state index contributed by atoms with van der Waals surface area (Å²) in [6, 6.07) is 3.61. The Kier molecular flexibility index (Phi) is 3.99. The molecule has 2 aromatic heterocycles. The van der Waals surface area contributed by atoms with Gasteiger partial charge < -0.3 is 10.3 Å². The molecule has 0 aromatic carbocycles. The van der Waals surface area contributed by atoms with Crippen LogP contribution in [-0.2, 0) is 0 Å². The highest BCUT2D eigenvalue weighted by Crippen LogP contribution is 2.18. The lowest BCUT2D eigenvalue weighted by Crippen LogP contribution is -2.23. The first-order valence-electron chi connectivity index (χ1n) is 5.93. The Morgan fingerprint density at radius 3 is 2.68 bits per heavy atom. The third kappa shape index (κ3) is 3.20. The normalized spacial score (nSPS) is 12.2. The first kappa shape index (κ1) is 13.7. The number of hydrogen-bond acceptors (Lipinski definition) is 4. The average molecular weight is 323 g/mol. The molecule has 2 N–H and O–H groups in total. The van der Waals surface area contributed by atoms with Crippen molar-refractivity contribution in [3.05, 3.63) is 50.4 Å². The van der Waals surface area contributed by atoms with Gasteiger partial charge in [-0.3, -0.25) is 4.79 Å². The van der Waals surface area contributed by atoms with Gasteiger partial charge in [0.25, 0.3) is 5.56 Å². The smallest absolute Gasteiger partial charge is 0.256 e. The van der Waals surface area contributed by atoms with E-state index >= 15 is 0 Å². The molecule has 2 rings (SSSR count). The van der Waals surface area contributed by atoms with Gasteiger partial charge in [0.1, 0.15) is 10.4 Å². The van der Waals surface area contributed by atoms with Crippen LogP contribution >= 0.6 is 15.9 Å². The Morgan fingerprint density at radius 2 is 2.11 bits per heavy atom. The third-order valence-corrected chi connectivity index (χ3v) is 3.28. The molecule has 0 amide bonds. The number of rotatable bonds is 3. The molecule has 0 aliphatic heterocycles. The molecule has 5 nitrogen and oxygen atoms in total. The summed E-state index contributed by atoms with van der Waals surface area (Å²) in [6.45, 7) is 5.54. The quantitative estimate of drug-likeness (QED) is 0.852. The average Bonchev–Trinajstić information content (AvgIpc) is 2.30. The minimum absolute atomic E-state index is 0.102. The van der Waals surface area contributed by atoms with Gasteiger partial charge in [0.2, 0.25) is 0 Å². The number of aromatic amines is 1. The van der Waals surface area contributed by atoms with Gasteiger partial charge in [-0.1, -0.05) is 0 Å². The van der Waals surface area contributed by atoms with Crippen molar-refractivity contribution >= 4 is 21.6 Å². The van der Waals surface area contributed by atoms with Crippen LogP contribution in [0.25, 0.3) is 0 Å². The summed E-state index contributed by atoms with van der Waals surface area (Å²) in [7, 11) is 0. The molecule has 6 heteroatoms. The number of halogens is 1. The molecule has 2 aromatic rings. The molecule has 1 unspecified atom stereocenters. The topological polar surface area (TPSA) is 70.7 Å². The fourth-order valence-electron chi connectivity index (χ4n) is 2.03. The van der Waals surface area contributed by atoms with Crippen molar-refractivity contribution in [2.75, 3.05) is 5.32 Å². The van der Waals surface area contributed by atoms with Crippen molar-refractivity contribution in [1.82, 2.24) is 15.0 Å². The molecule has 0 fully saturated rings. The summed E-state index contributed by atoms with van der Waals surface area (Å²) in [4.78, 5) is 23.1. The molecule has 1 atom stereocenters. The van der Waals surface area contributed by atoms with Gasteiger partial charge in [0.05, 0.1) is 29.2 Å². The first-order valence-corrected chi connectivity index (χ1v) is 6.72. The van der Waals surface area contributed by atoms with Crippen LogP contribution in [0.15, 0.2) is 27.7 Å². The number of nitrogens with one attached hydrogen (secondary N) is 2. The molecule has 0 radical (unpaired) electrons. The van der Waals surface area contributed by atoms with Crippen molar-refractivity contribution in [2.45, 2.75) is 26.8 Å². The predicted octanol–water partition coefficient (Wildman–Crippen LogP) is 2.72. The number of H-pyrrole nitrogens is 1. The van der Waals surface area contributed by atoms with Gasteiger partial charge in [-0.2, -0.15) is 0 Å². The Hall–Kier alpha value is -1.69. The van der Waals surface area contributed by atoms with Crippen LogP contribution in [-0.4, -0.2) is 15.0 Å². The number of pyridine rings is 1. The van der Waals surface area contributed by atoms with Gasteiger partial charge in [-0.05, 0) is 48.8 Å². The minimum atomic E-state index is -0.139. The molecule has 0 aliphatic rings. The lowest BCUT2D eigenvalue weighted by molar-refractivity contribution is 0.813. The lowest BCUT2D eigenvalue weighted by Gasteiger charge is -2.16. The van der Waals surface area contributed by atoms with E-state index in [1.807, 2.05) is 26.0 Å². The lowest BCUT2D eigenvalue weighted by atomic mass is 10.1. The molecule has 2 heterocycles. The zero-order valence-corrected chi connectivity index (χ0v) is 12.6. The molecule has 0 bridgehead atoms. The van der Waals surface area contributed by atoms with Gasteiger partial charge >= 0.3 is 0 Å². The summed E-state index contributed by atoms with van der Waals surface area (Å²) in [5.41, 5.74) is 2.14. The summed E-state index contributed by atoms with van der Waals surface area (Å²) < 4.78 is 0.775. The van der Waals surface area contributed by atoms with Crippen LogP contribution in [0.1, 0.15) is 30.0 Å². The zero-order valence-electron chi connectivity index (χ0n) is 11.0. The second-order valence-electron chi connectivity index (χ2n) is 4.39. The fourth-order valence-corrected chi connectivity index (χ4v) is 2.26. The van der Waals surface area contributed by atoms with Crippen molar-refractivity contribution < 1.29 is 0 Å². The monoisotopic (exact) mass is 322 g/mol. The van der Waals surface area contributed by atoms with Crippen LogP contribution in [0, 0.1) is 13.8 Å². The number of aryl methyl sites for hydroxylation is 2. The van der Waals surface area contributed by atoms with Crippen molar-refractivity contribution in [2.24, 2.45) is 0 Å². The molecule has 0 aliphatic carbocycles. The number of hydrogen-bond donors (Lipinski definition) is 2. The van der Waals surface area contributed by atoms with Gasteiger partial charge in [-0.25, -0.2) is 9.97 Å². The van der Waals surface area contributed by atoms with E-state index in [9.17, 15) is 4.79 Å². The maximum atomic E-state index is 12.0. The molecule has 0 spiro atoms. The van der Waals surface area contributed by atoms with E-state index in [4.69, 9.17) is 0 Å². The highest BCUT2D eigenvalue weighted by Gasteiger charge is 2.14. The van der Waals surface area contributed by atoms with E-state index in [1.54, 1.807) is 13.1 Å². The van der Waals surface area contributed by atoms with Gasteiger partial charge in [-0.15, -0.1) is 0 Å². The second kappa shape index (κ2) is 5.52. The largest absolute Gasteiger partial charge is 0.377 e. The Labute approximate surface area is 119 Å². The summed E-state index contributed by atoms with van der Waals surface area (Å²) in [5.74, 6) is 0.628. The SMILES string of the molecule is Cc1nc(C)c(C(C)Nc2ccc(Br)nc2)c(=O)[nH]1. The molecular formula is C13H15BrN4O. The van der Waals surface area contributed by atoms with Crippen LogP contribution in [0.2, 0.25) is 0 Å². The van der Waals surface area contributed by atoms with Crippen LogP contribution in [0.5, 0.6) is 0 Å². The van der Waals surface area contributed by atoms with Gasteiger partial charge in [0, 0.05) is 0 Å². The van der Waals surface area contributed by atoms with Crippen molar-refractivity contribution in [1.29, 1.82) is 0 Å². The summed E-state index contributed by atoms with van der Waals surface area (Å²) in [6.07, 6.45) is 1.71. The van der Waals surface area contributed by atoms with E-state index in [2.05, 4.69) is 36.2 Å². The summed E-state index contributed by atoms with van der Waals surface area (Å²) >= 11 is 3.28. The Balaban J connectivity index is 2.27. The van der Waals surface area contributed by atoms with E-state index in [1.165, 1.54) is 0 Å². The van der Waals surface area contributed by atoms with E-state index in [-0.39, 0.29) is 11.6 Å². The number of aromatic nitrogens is 3. The molecule has 100 valence electrons. The van der Waals surface area contributed by atoms with E-state index in [0.29, 0.717) is 11.4 Å². The molecule has 0 saturated heterocycles. The third-order valence-electron chi connectivity index (χ3n) is 2.81. The Bertz CT molecular complexity index is 636. The predicted molar refractivity (Wildman–Crippen MR) is 78.3 cm³/mol. The fraction of sp³-hybridized carbons (Fsp3) is 0.308. The van der Waals surface area contributed by atoms with Crippen LogP contribution in [0.4, 0.5) is 5.69 Å². The highest BCUT2D eigenvalue weighted by molar-refractivity contribution is 9.10. The molecule has 0 saturated carbocycles. The van der Waals surface area contributed by atoms with Gasteiger partial charge in [0.15, 0.2) is 0 Å². The van der Waals surface area contributed by atoms with Crippen LogP contribution < -0.4 is 10.9 Å². The van der Waals surface area contributed by atoms with Crippen molar-refractivity contribution in [3.63, 3.8) is 0 Å². The van der Waals surface area contributed by atoms with E-state index < -0.39 is 0 Å². The number of anilines is 1. The first-order chi connectivity index (χ1) is 8.97. The maximum Gasteiger partial charge on any atom is 0.256 e. The summed E-state index contributed by atoms with van der Waals surface area (Å²) in [5, 5.41) is 3.24. The minimum Gasteiger partial charge on any atom is -0.377 e. The molecular weight excluding hydrogens is 308 g/mol. The molecule has 19 heavy (non-hydrogen) atoms. The zero-order chi connectivity index (χ0) is 14.0. The van der Waals surface area contributed by atoms with Crippen molar-refractivity contribution in [3.8, 4) is 0 Å². The second-order valence-corrected chi connectivity index (χ2v) is 5.20. The maximum absolute atomic E-state index is 12.0. The number of nitrogens with zero attached hydrogens (tertiary/aromatic N) is 2. The highest BCUT2D eigenvalue weighted by atomic mass is 79.9. The van der Waals surface area contributed by atoms with E-state index in [0.717, 1.165) is 16.0 Å². The Morgan fingerprint density at radius 1 is 1.37 bits per heavy atom. The standard InChI is InChI=1S/C13H15BrN4O/c1-7-12(13(19)18-9(3)16-7)8(2)17-10-4-5-11(14)15-6-10/h4-6,8,17H,1-3H3,(H,16,18,19).